The summed E-state index contributed by atoms with van der Waals surface area (Å²) in [7, 11) is 1.65. The van der Waals surface area contributed by atoms with Gasteiger partial charge >= 0.3 is 0 Å². The third-order valence-corrected chi connectivity index (χ3v) is 4.48. The van der Waals surface area contributed by atoms with Gasteiger partial charge in [-0.3, -0.25) is 9.69 Å². The Morgan fingerprint density at radius 1 is 1.28 bits per heavy atom. The first-order valence-electron chi connectivity index (χ1n) is 8.52. The number of ether oxygens (including phenoxy) is 2. The van der Waals surface area contributed by atoms with Crippen LogP contribution in [0, 0.1) is 5.92 Å². The van der Waals surface area contributed by atoms with E-state index in [1.54, 1.807) is 7.11 Å². The largest absolute Gasteiger partial charge is 0.497 e. The number of carbonyl (C=O) groups excluding carboxylic acids is 1. The number of hydrogen-bond acceptors (Lipinski definition) is 5. The van der Waals surface area contributed by atoms with Crippen LogP contribution < -0.4 is 15.8 Å². The lowest BCUT2D eigenvalue weighted by atomic mass is 10.0. The van der Waals surface area contributed by atoms with Crippen LogP contribution in [0.15, 0.2) is 24.3 Å². The van der Waals surface area contributed by atoms with Gasteiger partial charge in [-0.25, -0.2) is 0 Å². The summed E-state index contributed by atoms with van der Waals surface area (Å²) in [5.41, 5.74) is 7.09. The number of nitrogens with two attached hydrogens (primary N) is 1. The predicted octanol–water partition coefficient (Wildman–Crippen LogP) is 1.59. The van der Waals surface area contributed by atoms with E-state index >= 15 is 0 Å². The molecule has 1 aliphatic rings. The van der Waals surface area contributed by atoms with Crippen LogP contribution in [0.4, 0.5) is 0 Å². The fourth-order valence-electron chi connectivity index (χ4n) is 2.79. The summed E-state index contributed by atoms with van der Waals surface area (Å²) < 4.78 is 10.7. The summed E-state index contributed by atoms with van der Waals surface area (Å²) >= 11 is 0. The number of morpholine rings is 1. The number of rotatable bonds is 7. The molecule has 1 amide bonds. The van der Waals surface area contributed by atoms with E-state index in [0.29, 0.717) is 19.8 Å². The molecule has 0 radical (unpaired) electrons. The fourth-order valence-corrected chi connectivity index (χ4v) is 2.79. The predicted molar refractivity (Wildman–Crippen MR) is 101 cm³/mol. The lowest BCUT2D eigenvalue weighted by molar-refractivity contribution is -0.123. The second-order valence-corrected chi connectivity index (χ2v) is 6.45. The van der Waals surface area contributed by atoms with Crippen LogP contribution in [0.5, 0.6) is 5.75 Å². The number of carbonyl (C=O) groups is 1. The zero-order valence-electron chi connectivity index (χ0n) is 15.2. The fraction of sp³-hybridized carbons (Fsp3) is 0.611. The third kappa shape index (κ3) is 6.15. The highest BCUT2D eigenvalue weighted by atomic mass is 35.5. The number of methoxy groups -OCH3 is 1. The summed E-state index contributed by atoms with van der Waals surface area (Å²) in [6, 6.07) is 7.62. The van der Waals surface area contributed by atoms with Crippen LogP contribution in [-0.2, 0) is 9.53 Å². The Morgan fingerprint density at radius 2 is 1.88 bits per heavy atom. The second-order valence-electron chi connectivity index (χ2n) is 6.45. The monoisotopic (exact) mass is 371 g/mol. The highest BCUT2D eigenvalue weighted by Crippen LogP contribution is 2.23. The van der Waals surface area contributed by atoms with Crippen molar-refractivity contribution in [3.63, 3.8) is 0 Å². The number of nitrogens with zero attached hydrogens (tertiary/aromatic N) is 1. The molecule has 0 aliphatic carbocycles. The molecular weight excluding hydrogens is 342 g/mol. The molecule has 1 fully saturated rings. The second kappa shape index (κ2) is 10.6. The van der Waals surface area contributed by atoms with Crippen molar-refractivity contribution in [3.05, 3.63) is 29.8 Å². The zero-order valence-corrected chi connectivity index (χ0v) is 16.1. The normalized spacial score (nSPS) is 17.5. The van der Waals surface area contributed by atoms with Gasteiger partial charge in [0.05, 0.1) is 32.4 Å². The number of hydrogen-bond donors (Lipinski definition) is 2. The van der Waals surface area contributed by atoms with Gasteiger partial charge in [0.1, 0.15) is 5.75 Å². The highest BCUT2D eigenvalue weighted by Gasteiger charge is 2.25. The molecule has 1 aromatic rings. The minimum atomic E-state index is -0.480. The lowest BCUT2D eigenvalue weighted by Gasteiger charge is -2.35. The Morgan fingerprint density at radius 3 is 2.40 bits per heavy atom. The Bertz CT molecular complexity index is 519. The molecule has 0 aromatic heterocycles. The Balaban J connectivity index is 0.00000312. The molecule has 0 spiro atoms. The van der Waals surface area contributed by atoms with E-state index in [2.05, 4.69) is 10.2 Å². The summed E-state index contributed by atoms with van der Waals surface area (Å²) in [6.45, 7) is 7.57. The number of benzene rings is 1. The molecule has 2 atom stereocenters. The molecule has 1 saturated heterocycles. The SMILES string of the molecule is COc1ccc(C(CNC(=O)[C@@H](N)C(C)C)N2CCOCC2)cc1.Cl. The Labute approximate surface area is 156 Å². The average Bonchev–Trinajstić information content (AvgIpc) is 2.62. The van der Waals surface area contributed by atoms with Crippen molar-refractivity contribution < 1.29 is 14.3 Å². The van der Waals surface area contributed by atoms with Crippen LogP contribution >= 0.6 is 12.4 Å². The van der Waals surface area contributed by atoms with E-state index in [4.69, 9.17) is 15.2 Å². The van der Waals surface area contributed by atoms with E-state index in [1.165, 1.54) is 0 Å². The zero-order chi connectivity index (χ0) is 17.5. The van der Waals surface area contributed by atoms with Gasteiger partial charge in [0.2, 0.25) is 5.91 Å². The quantitative estimate of drug-likeness (QED) is 0.761. The first-order valence-corrected chi connectivity index (χ1v) is 8.52. The van der Waals surface area contributed by atoms with Crippen molar-refractivity contribution in [1.29, 1.82) is 0 Å². The highest BCUT2D eigenvalue weighted by molar-refractivity contribution is 5.85. The van der Waals surface area contributed by atoms with Gasteiger partial charge in [0.25, 0.3) is 0 Å². The molecule has 3 N–H and O–H groups in total. The summed E-state index contributed by atoms with van der Waals surface area (Å²) in [5.74, 6) is 0.843. The molecule has 25 heavy (non-hydrogen) atoms. The van der Waals surface area contributed by atoms with Crippen LogP contribution in [0.2, 0.25) is 0 Å². The van der Waals surface area contributed by atoms with Gasteiger partial charge in [0.15, 0.2) is 0 Å². The minimum absolute atomic E-state index is 0. The van der Waals surface area contributed by atoms with Gasteiger partial charge in [-0.1, -0.05) is 26.0 Å². The van der Waals surface area contributed by atoms with Crippen LogP contribution in [0.1, 0.15) is 25.5 Å². The van der Waals surface area contributed by atoms with E-state index in [9.17, 15) is 4.79 Å². The number of nitrogens with one attached hydrogen (secondary N) is 1. The molecule has 1 unspecified atom stereocenters. The Hall–Kier alpha value is -1.34. The first kappa shape index (κ1) is 21.7. The van der Waals surface area contributed by atoms with Crippen molar-refractivity contribution in [2.45, 2.75) is 25.9 Å². The lowest BCUT2D eigenvalue weighted by Crippen LogP contribution is -2.48. The van der Waals surface area contributed by atoms with E-state index in [0.717, 1.165) is 24.4 Å². The van der Waals surface area contributed by atoms with E-state index in [-0.39, 0.29) is 30.3 Å². The van der Waals surface area contributed by atoms with Gasteiger partial charge < -0.3 is 20.5 Å². The molecule has 142 valence electrons. The first-order chi connectivity index (χ1) is 11.5. The van der Waals surface area contributed by atoms with Crippen molar-refractivity contribution in [3.8, 4) is 5.75 Å². The van der Waals surface area contributed by atoms with Gasteiger partial charge in [-0.05, 0) is 23.6 Å². The molecule has 1 aliphatic heterocycles. The summed E-state index contributed by atoms with van der Waals surface area (Å²) in [6.07, 6.45) is 0. The van der Waals surface area contributed by atoms with Crippen LogP contribution in [-0.4, -0.2) is 56.8 Å². The molecular formula is C18H30ClN3O3. The molecule has 2 rings (SSSR count). The maximum absolute atomic E-state index is 12.2. The van der Waals surface area contributed by atoms with E-state index in [1.807, 2.05) is 38.1 Å². The van der Waals surface area contributed by atoms with Crippen molar-refractivity contribution in [2.24, 2.45) is 11.7 Å². The molecule has 7 heteroatoms. The minimum Gasteiger partial charge on any atom is -0.497 e. The third-order valence-electron chi connectivity index (χ3n) is 4.48. The van der Waals surface area contributed by atoms with Crippen molar-refractivity contribution in [2.75, 3.05) is 40.0 Å². The maximum atomic E-state index is 12.2. The van der Waals surface area contributed by atoms with Crippen LogP contribution in [0.3, 0.4) is 0 Å². The molecule has 1 heterocycles. The van der Waals surface area contributed by atoms with Crippen molar-refractivity contribution >= 4 is 18.3 Å². The topological polar surface area (TPSA) is 76.8 Å². The van der Waals surface area contributed by atoms with Gasteiger partial charge in [0, 0.05) is 19.6 Å². The Kier molecular flexibility index (Phi) is 9.21. The average molecular weight is 372 g/mol. The van der Waals surface area contributed by atoms with Crippen LogP contribution in [0.25, 0.3) is 0 Å². The van der Waals surface area contributed by atoms with Gasteiger partial charge in [-0.15, -0.1) is 12.4 Å². The van der Waals surface area contributed by atoms with Crippen molar-refractivity contribution in [1.82, 2.24) is 10.2 Å². The maximum Gasteiger partial charge on any atom is 0.237 e. The summed E-state index contributed by atoms with van der Waals surface area (Å²) in [4.78, 5) is 14.5. The molecule has 0 bridgehead atoms. The molecule has 1 aromatic carbocycles. The smallest absolute Gasteiger partial charge is 0.237 e. The summed E-state index contributed by atoms with van der Waals surface area (Å²) in [5, 5.41) is 3.01. The molecule has 0 saturated carbocycles. The standard InChI is InChI=1S/C18H29N3O3.ClH/c1-13(2)17(19)18(22)20-12-16(21-8-10-24-11-9-21)14-4-6-15(23-3)7-5-14;/h4-7,13,16-17H,8-12,19H2,1-3H3,(H,20,22);1H/t16?,17-;/m0./s1. The number of amides is 1. The number of halogens is 1. The van der Waals surface area contributed by atoms with E-state index < -0.39 is 6.04 Å². The van der Waals surface area contributed by atoms with Gasteiger partial charge in [-0.2, -0.15) is 0 Å². The molecule has 6 nitrogen and oxygen atoms in total.